The second kappa shape index (κ2) is 5.45. The molecule has 0 fully saturated rings. The molecule has 0 saturated carbocycles. The van der Waals surface area contributed by atoms with E-state index in [4.69, 9.17) is 0 Å². The summed E-state index contributed by atoms with van der Waals surface area (Å²) in [5.74, 6) is 0.614. The van der Waals surface area contributed by atoms with Gasteiger partial charge in [-0.2, -0.15) is 0 Å². The highest BCUT2D eigenvalue weighted by atomic mass is 16.3. The molecule has 2 N–H and O–H groups in total. The molecule has 0 spiro atoms. The summed E-state index contributed by atoms with van der Waals surface area (Å²) in [5.41, 5.74) is 1.84. The van der Waals surface area contributed by atoms with Gasteiger partial charge in [-0.1, -0.05) is 27.7 Å². The van der Waals surface area contributed by atoms with Gasteiger partial charge in [-0.3, -0.25) is 0 Å². The van der Waals surface area contributed by atoms with Crippen molar-refractivity contribution in [2.75, 3.05) is 0 Å². The number of aromatic hydroxyl groups is 2. The topological polar surface area (TPSA) is 79.1 Å². The van der Waals surface area contributed by atoms with Crippen LogP contribution < -0.4 is 0 Å². The lowest BCUT2D eigenvalue weighted by molar-refractivity contribution is 0.440. The first-order chi connectivity index (χ1) is 9.43. The van der Waals surface area contributed by atoms with Crippen molar-refractivity contribution in [3.05, 3.63) is 29.8 Å². The summed E-state index contributed by atoms with van der Waals surface area (Å²) in [6.07, 6.45) is 2.69. The van der Waals surface area contributed by atoms with Gasteiger partial charge in [0.05, 0.1) is 0 Å². The fraction of sp³-hybridized carbons (Fsp3) is 0.400. The maximum absolute atomic E-state index is 10.4. The maximum Gasteiger partial charge on any atom is 0.170 e. The largest absolute Gasteiger partial charge is 0.507 e. The van der Waals surface area contributed by atoms with Gasteiger partial charge in [-0.05, 0) is 29.0 Å². The van der Waals surface area contributed by atoms with E-state index >= 15 is 0 Å². The van der Waals surface area contributed by atoms with Gasteiger partial charge >= 0.3 is 0 Å². The fourth-order valence-corrected chi connectivity index (χ4v) is 2.17. The molecule has 1 aromatic carbocycles. The first-order valence-electron chi connectivity index (χ1n) is 6.64. The van der Waals surface area contributed by atoms with Crippen molar-refractivity contribution < 1.29 is 10.2 Å². The van der Waals surface area contributed by atoms with Crippen LogP contribution in [0.1, 0.15) is 50.7 Å². The Kier molecular flexibility index (Phi) is 3.88. The molecule has 20 heavy (non-hydrogen) atoms. The van der Waals surface area contributed by atoms with E-state index in [2.05, 4.69) is 15.0 Å². The maximum atomic E-state index is 10.4. The molecule has 0 unspecified atom stereocenters. The summed E-state index contributed by atoms with van der Waals surface area (Å²) >= 11 is 0. The van der Waals surface area contributed by atoms with Crippen LogP contribution in [0.3, 0.4) is 0 Å². The normalized spacial score (nSPS) is 11.3. The SMILES string of the molecule is CC(C)c1cc(C(C)C)c(O)c(-c2ncncn2)c1O. The Labute approximate surface area is 118 Å². The third kappa shape index (κ3) is 2.43. The minimum absolute atomic E-state index is 0.0353. The van der Waals surface area contributed by atoms with Crippen molar-refractivity contribution in [1.29, 1.82) is 0 Å². The highest BCUT2D eigenvalue weighted by Crippen LogP contribution is 2.44. The van der Waals surface area contributed by atoms with E-state index in [1.54, 1.807) is 0 Å². The first-order valence-corrected chi connectivity index (χ1v) is 6.64. The van der Waals surface area contributed by atoms with Gasteiger partial charge in [-0.25, -0.2) is 15.0 Å². The van der Waals surface area contributed by atoms with Crippen LogP contribution >= 0.6 is 0 Å². The van der Waals surface area contributed by atoms with E-state index in [-0.39, 0.29) is 34.7 Å². The van der Waals surface area contributed by atoms with Crippen molar-refractivity contribution in [2.45, 2.75) is 39.5 Å². The van der Waals surface area contributed by atoms with Crippen molar-refractivity contribution in [3.63, 3.8) is 0 Å². The molecule has 0 saturated heterocycles. The number of hydrogen-bond acceptors (Lipinski definition) is 5. The molecule has 0 amide bonds. The van der Waals surface area contributed by atoms with Gasteiger partial charge in [0.25, 0.3) is 0 Å². The molecular formula is C15H19N3O2. The van der Waals surface area contributed by atoms with E-state index in [9.17, 15) is 10.2 Å². The standard InChI is InChI=1S/C15H19N3O2/c1-8(2)10-5-11(9(3)4)14(20)12(13(10)19)15-17-6-16-7-18-15/h5-9,19-20H,1-4H3. The molecule has 0 aliphatic carbocycles. The Balaban J connectivity index is 2.78. The lowest BCUT2D eigenvalue weighted by Crippen LogP contribution is -2.00. The third-order valence-corrected chi connectivity index (χ3v) is 3.29. The van der Waals surface area contributed by atoms with Gasteiger partial charge in [0, 0.05) is 0 Å². The Morgan fingerprint density at radius 1 is 0.850 bits per heavy atom. The van der Waals surface area contributed by atoms with Crippen molar-refractivity contribution in [2.24, 2.45) is 0 Å². The number of rotatable bonds is 3. The number of phenolic OH excluding ortho intramolecular Hbond substituents is 2. The molecule has 5 nitrogen and oxygen atoms in total. The summed E-state index contributed by atoms with van der Waals surface area (Å²) in [6, 6.07) is 1.85. The average molecular weight is 273 g/mol. The Hall–Kier alpha value is -2.17. The molecular weight excluding hydrogens is 254 g/mol. The van der Waals surface area contributed by atoms with Gasteiger partial charge in [0.15, 0.2) is 5.82 Å². The lowest BCUT2D eigenvalue weighted by Gasteiger charge is -2.18. The zero-order valence-corrected chi connectivity index (χ0v) is 12.1. The summed E-state index contributed by atoms with van der Waals surface area (Å²) in [5, 5.41) is 20.9. The second-order valence-electron chi connectivity index (χ2n) is 5.40. The monoisotopic (exact) mass is 273 g/mol. The minimum Gasteiger partial charge on any atom is -0.507 e. The zero-order valence-electron chi connectivity index (χ0n) is 12.1. The highest BCUT2D eigenvalue weighted by Gasteiger charge is 2.23. The van der Waals surface area contributed by atoms with Crippen LogP contribution in [0.15, 0.2) is 18.7 Å². The molecule has 106 valence electrons. The predicted octanol–water partition coefficient (Wildman–Crippen LogP) is 3.20. The van der Waals surface area contributed by atoms with Crippen LogP contribution in [-0.2, 0) is 0 Å². The molecule has 5 heteroatoms. The number of hydrogen-bond donors (Lipinski definition) is 2. The van der Waals surface area contributed by atoms with Crippen LogP contribution in [0.4, 0.5) is 0 Å². The van der Waals surface area contributed by atoms with E-state index in [0.29, 0.717) is 0 Å². The van der Waals surface area contributed by atoms with E-state index in [1.165, 1.54) is 12.7 Å². The quantitative estimate of drug-likeness (QED) is 0.897. The number of phenols is 2. The van der Waals surface area contributed by atoms with Crippen molar-refractivity contribution >= 4 is 0 Å². The molecule has 0 aliphatic rings. The third-order valence-electron chi connectivity index (χ3n) is 3.29. The Morgan fingerprint density at radius 2 is 1.30 bits per heavy atom. The molecule has 1 aromatic heterocycles. The van der Waals surface area contributed by atoms with Gasteiger partial charge in [0.2, 0.25) is 0 Å². The van der Waals surface area contributed by atoms with E-state index < -0.39 is 0 Å². The van der Waals surface area contributed by atoms with Crippen LogP contribution in [-0.4, -0.2) is 25.2 Å². The zero-order chi connectivity index (χ0) is 14.9. The molecule has 0 radical (unpaired) electrons. The summed E-state index contributed by atoms with van der Waals surface area (Å²) in [6.45, 7) is 7.97. The van der Waals surface area contributed by atoms with Crippen molar-refractivity contribution in [3.8, 4) is 22.9 Å². The second-order valence-corrected chi connectivity index (χ2v) is 5.40. The minimum atomic E-state index is 0.0353. The summed E-state index contributed by atoms with van der Waals surface area (Å²) in [7, 11) is 0. The molecule has 0 atom stereocenters. The fourth-order valence-electron chi connectivity index (χ4n) is 2.17. The van der Waals surface area contributed by atoms with Gasteiger partial charge < -0.3 is 10.2 Å². The molecule has 0 aliphatic heterocycles. The number of benzene rings is 1. The molecule has 0 bridgehead atoms. The average Bonchev–Trinajstić information content (AvgIpc) is 2.39. The Morgan fingerprint density at radius 3 is 1.70 bits per heavy atom. The number of aromatic nitrogens is 3. The van der Waals surface area contributed by atoms with Crippen LogP contribution in [0.25, 0.3) is 11.4 Å². The number of nitrogens with zero attached hydrogens (tertiary/aromatic N) is 3. The molecule has 2 rings (SSSR count). The summed E-state index contributed by atoms with van der Waals surface area (Å²) in [4.78, 5) is 11.8. The van der Waals surface area contributed by atoms with Crippen LogP contribution in [0, 0.1) is 0 Å². The van der Waals surface area contributed by atoms with E-state index in [1.807, 2.05) is 33.8 Å². The smallest absolute Gasteiger partial charge is 0.170 e. The van der Waals surface area contributed by atoms with Gasteiger partial charge in [-0.15, -0.1) is 0 Å². The molecule has 2 aromatic rings. The Bertz CT molecular complexity index is 578. The highest BCUT2D eigenvalue weighted by molar-refractivity contribution is 5.75. The van der Waals surface area contributed by atoms with Crippen LogP contribution in [0.5, 0.6) is 11.5 Å². The summed E-state index contributed by atoms with van der Waals surface area (Å²) < 4.78 is 0. The van der Waals surface area contributed by atoms with Gasteiger partial charge in [0.1, 0.15) is 29.7 Å². The molecule has 1 heterocycles. The lowest BCUT2D eigenvalue weighted by atomic mass is 9.90. The first kappa shape index (κ1) is 14.2. The van der Waals surface area contributed by atoms with E-state index in [0.717, 1.165) is 11.1 Å². The van der Waals surface area contributed by atoms with Crippen LogP contribution in [0.2, 0.25) is 0 Å². The van der Waals surface area contributed by atoms with Crippen molar-refractivity contribution in [1.82, 2.24) is 15.0 Å². The predicted molar refractivity (Wildman–Crippen MR) is 76.8 cm³/mol.